The highest BCUT2D eigenvalue weighted by atomic mass is 19.4. The molecule has 0 atom stereocenters. The summed E-state index contributed by atoms with van der Waals surface area (Å²) in [6.07, 6.45) is -9.61. The molecular formula is C11H10F9NO. The lowest BCUT2D eigenvalue weighted by molar-refractivity contribution is -0.396. The van der Waals surface area contributed by atoms with Crippen molar-refractivity contribution in [2.45, 2.75) is 43.7 Å². The average molecular weight is 343 g/mol. The van der Waals surface area contributed by atoms with E-state index in [0.29, 0.717) is 6.21 Å². The highest BCUT2D eigenvalue weighted by Gasteiger charge is 2.81. The standard InChI is InChI=1S/C11H10F9NO/c1-6(2)7(22)21-5-3-4-8(12,13)9(14,15)10(16,17)11(18,19)20/h5H,1,3-4H2,2H3. The van der Waals surface area contributed by atoms with Gasteiger partial charge in [-0.1, -0.05) is 6.58 Å². The molecule has 0 heterocycles. The Kier molecular flexibility index (Phi) is 5.84. The van der Waals surface area contributed by atoms with Crippen molar-refractivity contribution in [3.05, 3.63) is 12.2 Å². The van der Waals surface area contributed by atoms with Crippen LogP contribution in [-0.4, -0.2) is 36.1 Å². The fourth-order valence-electron chi connectivity index (χ4n) is 1.07. The number of carbonyl (C=O) groups excluding carboxylic acids is 1. The van der Waals surface area contributed by atoms with E-state index in [1.165, 1.54) is 6.92 Å². The maximum absolute atomic E-state index is 13.0. The maximum atomic E-state index is 13.0. The second-order valence-corrected chi connectivity index (χ2v) is 4.29. The second-order valence-electron chi connectivity index (χ2n) is 4.29. The number of rotatable bonds is 6. The normalized spacial score (nSPS) is 14.5. The zero-order valence-electron chi connectivity index (χ0n) is 11.0. The van der Waals surface area contributed by atoms with E-state index in [1.54, 1.807) is 0 Å². The molecular weight excluding hydrogens is 333 g/mol. The summed E-state index contributed by atoms with van der Waals surface area (Å²) in [6.45, 7) is 4.33. The molecule has 0 aromatic heterocycles. The molecule has 0 aromatic carbocycles. The lowest BCUT2D eigenvalue weighted by atomic mass is 10.00. The van der Waals surface area contributed by atoms with Gasteiger partial charge in [0.25, 0.3) is 5.91 Å². The minimum atomic E-state index is -6.91. The van der Waals surface area contributed by atoms with Crippen LogP contribution in [0.1, 0.15) is 19.8 Å². The van der Waals surface area contributed by atoms with E-state index >= 15 is 0 Å². The highest BCUT2D eigenvalue weighted by Crippen LogP contribution is 2.54. The van der Waals surface area contributed by atoms with Gasteiger partial charge < -0.3 is 0 Å². The molecule has 0 bridgehead atoms. The number of aliphatic imine (C=N–C) groups is 1. The fraction of sp³-hybridized carbons (Fsp3) is 0.636. The third-order valence-electron chi connectivity index (χ3n) is 2.37. The highest BCUT2D eigenvalue weighted by molar-refractivity contribution is 5.97. The fourth-order valence-corrected chi connectivity index (χ4v) is 1.07. The van der Waals surface area contributed by atoms with Crippen LogP contribution >= 0.6 is 0 Å². The van der Waals surface area contributed by atoms with Crippen molar-refractivity contribution in [3.8, 4) is 0 Å². The van der Waals surface area contributed by atoms with Crippen LogP contribution in [0.25, 0.3) is 0 Å². The van der Waals surface area contributed by atoms with Crippen molar-refractivity contribution in [1.82, 2.24) is 0 Å². The summed E-state index contributed by atoms with van der Waals surface area (Å²) in [5.74, 6) is -20.2. The van der Waals surface area contributed by atoms with Gasteiger partial charge in [-0.2, -0.15) is 39.5 Å². The van der Waals surface area contributed by atoms with Crippen LogP contribution in [0.2, 0.25) is 0 Å². The number of hydrogen-bond acceptors (Lipinski definition) is 1. The van der Waals surface area contributed by atoms with Gasteiger partial charge in [0.2, 0.25) is 0 Å². The molecule has 0 saturated carbocycles. The van der Waals surface area contributed by atoms with Crippen molar-refractivity contribution in [3.63, 3.8) is 0 Å². The molecule has 0 unspecified atom stereocenters. The minimum absolute atomic E-state index is 0.114. The SMILES string of the molecule is C=C(C)C(=O)N=CCCC(F)(F)C(F)(F)C(F)(F)C(F)(F)F. The molecule has 0 aliphatic heterocycles. The number of carbonyl (C=O) groups is 1. The number of amides is 1. The van der Waals surface area contributed by atoms with Crippen LogP contribution in [-0.2, 0) is 4.79 Å². The average Bonchev–Trinajstić information content (AvgIpc) is 2.32. The maximum Gasteiger partial charge on any atom is 0.460 e. The van der Waals surface area contributed by atoms with E-state index in [0.717, 1.165) is 0 Å². The van der Waals surface area contributed by atoms with Gasteiger partial charge in [-0.05, 0) is 13.3 Å². The summed E-state index contributed by atoms with van der Waals surface area (Å²) in [5, 5.41) is 0. The van der Waals surface area contributed by atoms with E-state index in [9.17, 15) is 44.3 Å². The lowest BCUT2D eigenvalue weighted by Crippen LogP contribution is -2.60. The number of nitrogens with zero attached hydrogens (tertiary/aromatic N) is 1. The molecule has 0 fully saturated rings. The van der Waals surface area contributed by atoms with E-state index in [2.05, 4.69) is 11.6 Å². The Labute approximate surface area is 118 Å². The Morgan fingerprint density at radius 1 is 1.00 bits per heavy atom. The first-order chi connectivity index (χ1) is 9.58. The first-order valence-corrected chi connectivity index (χ1v) is 5.50. The zero-order chi connectivity index (χ0) is 18.0. The van der Waals surface area contributed by atoms with E-state index in [-0.39, 0.29) is 5.57 Å². The van der Waals surface area contributed by atoms with Crippen LogP contribution in [0.15, 0.2) is 17.1 Å². The third kappa shape index (κ3) is 4.01. The number of halogens is 9. The second kappa shape index (κ2) is 6.29. The Balaban J connectivity index is 5.08. The monoisotopic (exact) mass is 343 g/mol. The van der Waals surface area contributed by atoms with Gasteiger partial charge in [-0.25, -0.2) is 4.99 Å². The molecule has 0 spiro atoms. The molecule has 1 amide bonds. The summed E-state index contributed by atoms with van der Waals surface area (Å²) in [5.41, 5.74) is -0.114. The molecule has 22 heavy (non-hydrogen) atoms. The van der Waals surface area contributed by atoms with Crippen molar-refractivity contribution in [2.75, 3.05) is 0 Å². The lowest BCUT2D eigenvalue weighted by Gasteiger charge is -2.33. The van der Waals surface area contributed by atoms with Gasteiger partial charge in [0.15, 0.2) is 0 Å². The minimum Gasteiger partial charge on any atom is -0.267 e. The predicted octanol–water partition coefficient (Wildman–Crippen LogP) is 4.41. The Hall–Kier alpha value is -1.55. The molecule has 0 radical (unpaired) electrons. The van der Waals surface area contributed by atoms with Crippen molar-refractivity contribution in [2.24, 2.45) is 4.99 Å². The van der Waals surface area contributed by atoms with Crippen LogP contribution < -0.4 is 0 Å². The first kappa shape index (κ1) is 20.5. The summed E-state index contributed by atoms with van der Waals surface area (Å²) < 4.78 is 112. The number of hydrogen-bond donors (Lipinski definition) is 0. The molecule has 0 rings (SSSR count). The topological polar surface area (TPSA) is 29.4 Å². The molecule has 0 aliphatic carbocycles. The summed E-state index contributed by atoms with van der Waals surface area (Å²) in [6, 6.07) is 0. The predicted molar refractivity (Wildman–Crippen MR) is 58.4 cm³/mol. The van der Waals surface area contributed by atoms with Gasteiger partial charge in [-0.15, -0.1) is 0 Å². The zero-order valence-corrected chi connectivity index (χ0v) is 11.0. The van der Waals surface area contributed by atoms with Crippen molar-refractivity contribution in [1.29, 1.82) is 0 Å². The molecule has 128 valence electrons. The van der Waals surface area contributed by atoms with Gasteiger partial charge >= 0.3 is 23.9 Å². The van der Waals surface area contributed by atoms with Gasteiger partial charge in [-0.3, -0.25) is 4.79 Å². The van der Waals surface area contributed by atoms with Gasteiger partial charge in [0, 0.05) is 18.2 Å². The third-order valence-corrected chi connectivity index (χ3v) is 2.37. The van der Waals surface area contributed by atoms with E-state index < -0.39 is 42.7 Å². The molecule has 0 aliphatic rings. The summed E-state index contributed by atoms with van der Waals surface area (Å²) in [7, 11) is 0. The molecule has 0 aromatic rings. The van der Waals surface area contributed by atoms with Gasteiger partial charge in [0.05, 0.1) is 0 Å². The smallest absolute Gasteiger partial charge is 0.267 e. The quantitative estimate of drug-likeness (QED) is 0.399. The molecule has 0 N–H and O–H groups in total. The van der Waals surface area contributed by atoms with Crippen LogP contribution in [0.3, 0.4) is 0 Å². The first-order valence-electron chi connectivity index (χ1n) is 5.50. The molecule has 2 nitrogen and oxygen atoms in total. The Morgan fingerprint density at radius 3 is 1.82 bits per heavy atom. The van der Waals surface area contributed by atoms with Crippen LogP contribution in [0.4, 0.5) is 39.5 Å². The van der Waals surface area contributed by atoms with Crippen molar-refractivity contribution >= 4 is 12.1 Å². The molecule has 0 saturated heterocycles. The van der Waals surface area contributed by atoms with E-state index in [4.69, 9.17) is 0 Å². The summed E-state index contributed by atoms with van der Waals surface area (Å²) in [4.78, 5) is 13.8. The Morgan fingerprint density at radius 2 is 1.45 bits per heavy atom. The van der Waals surface area contributed by atoms with Crippen molar-refractivity contribution < 1.29 is 44.3 Å². The van der Waals surface area contributed by atoms with Crippen LogP contribution in [0, 0.1) is 0 Å². The molecule has 11 heteroatoms. The number of alkyl halides is 9. The van der Waals surface area contributed by atoms with Gasteiger partial charge in [0.1, 0.15) is 0 Å². The summed E-state index contributed by atoms with van der Waals surface area (Å²) >= 11 is 0. The largest absolute Gasteiger partial charge is 0.460 e. The van der Waals surface area contributed by atoms with Crippen LogP contribution in [0.5, 0.6) is 0 Å². The Bertz CT molecular complexity index is 465. The van der Waals surface area contributed by atoms with E-state index in [1.807, 2.05) is 0 Å².